The van der Waals surface area contributed by atoms with Gasteiger partial charge in [0.05, 0.1) is 23.3 Å². The average molecular weight is 428 g/mol. The number of sulfonamides is 1. The molecular formula is C15H14BrN3O5S. The Kier molecular flexibility index (Phi) is 4.56. The van der Waals surface area contributed by atoms with Gasteiger partial charge in [0.15, 0.2) is 0 Å². The van der Waals surface area contributed by atoms with Crippen LogP contribution in [-0.2, 0) is 10.0 Å². The summed E-state index contributed by atoms with van der Waals surface area (Å²) >= 11 is 3.27. The first kappa shape index (κ1) is 17.5. The number of hydrogen-bond acceptors (Lipinski definition) is 5. The highest BCUT2D eigenvalue weighted by Crippen LogP contribution is 2.37. The Morgan fingerprint density at radius 3 is 2.88 bits per heavy atom. The second-order valence-corrected chi connectivity index (χ2v) is 8.18. The fourth-order valence-electron chi connectivity index (χ4n) is 2.44. The number of halogens is 1. The molecule has 0 spiro atoms. The van der Waals surface area contributed by atoms with Crippen molar-refractivity contribution in [1.29, 1.82) is 0 Å². The Balaban J connectivity index is 2.10. The van der Waals surface area contributed by atoms with Crippen LogP contribution in [0, 0.1) is 0 Å². The van der Waals surface area contributed by atoms with Crippen LogP contribution in [0.4, 0.5) is 16.2 Å². The van der Waals surface area contributed by atoms with Crippen LogP contribution in [0.1, 0.15) is 6.92 Å². The predicted molar refractivity (Wildman–Crippen MR) is 94.6 cm³/mol. The van der Waals surface area contributed by atoms with Gasteiger partial charge in [-0.1, -0.05) is 22.0 Å². The molecule has 1 aromatic carbocycles. The van der Waals surface area contributed by atoms with Crippen LogP contribution in [0.15, 0.2) is 45.9 Å². The zero-order valence-corrected chi connectivity index (χ0v) is 15.4. The molecule has 3 rings (SSSR count). The van der Waals surface area contributed by atoms with Gasteiger partial charge in [0.25, 0.3) is 10.0 Å². The molecule has 0 radical (unpaired) electrons. The fourth-order valence-corrected chi connectivity index (χ4v) is 4.57. The van der Waals surface area contributed by atoms with E-state index in [1.165, 1.54) is 28.7 Å². The summed E-state index contributed by atoms with van der Waals surface area (Å²) in [6.45, 7) is 1.82. The molecule has 2 aromatic rings. The Morgan fingerprint density at radius 1 is 1.44 bits per heavy atom. The third-order valence-corrected chi connectivity index (χ3v) is 5.74. The number of ether oxygens (including phenoxy) is 1. The molecule has 2 N–H and O–H groups in total. The minimum absolute atomic E-state index is 0.0834. The monoisotopic (exact) mass is 427 g/mol. The number of anilines is 2. The van der Waals surface area contributed by atoms with Gasteiger partial charge in [0, 0.05) is 4.47 Å². The van der Waals surface area contributed by atoms with Gasteiger partial charge in [-0.3, -0.25) is 9.62 Å². The summed E-state index contributed by atoms with van der Waals surface area (Å²) in [7, 11) is -3.87. The smallest absolute Gasteiger partial charge is 0.409 e. The maximum Gasteiger partial charge on any atom is 0.409 e. The Morgan fingerprint density at radius 2 is 2.20 bits per heavy atom. The Hall–Kier alpha value is -2.33. The van der Waals surface area contributed by atoms with Gasteiger partial charge >= 0.3 is 6.09 Å². The van der Waals surface area contributed by atoms with E-state index in [0.717, 1.165) is 0 Å². The number of hydrogen-bond donors (Lipinski definition) is 2. The van der Waals surface area contributed by atoms with Crippen molar-refractivity contribution in [2.45, 2.75) is 17.9 Å². The van der Waals surface area contributed by atoms with Crippen molar-refractivity contribution in [3.8, 4) is 5.88 Å². The molecule has 1 unspecified atom stereocenters. The summed E-state index contributed by atoms with van der Waals surface area (Å²) in [5.74, 6) is 0.133. The lowest BCUT2D eigenvalue weighted by Crippen LogP contribution is -2.42. The predicted octanol–water partition coefficient (Wildman–Crippen LogP) is 2.91. The highest BCUT2D eigenvalue weighted by atomic mass is 79.9. The van der Waals surface area contributed by atoms with Crippen LogP contribution >= 0.6 is 15.9 Å². The molecule has 132 valence electrons. The molecule has 1 aliphatic heterocycles. The molecule has 0 aliphatic carbocycles. The molecule has 0 saturated heterocycles. The molecule has 8 nitrogen and oxygen atoms in total. The number of carboxylic acid groups (broad SMARTS) is 1. The second-order valence-electron chi connectivity index (χ2n) is 5.40. The number of nitrogens with one attached hydrogen (secondary N) is 1. The molecule has 25 heavy (non-hydrogen) atoms. The topological polar surface area (TPSA) is 109 Å². The van der Waals surface area contributed by atoms with E-state index in [-0.39, 0.29) is 28.7 Å². The van der Waals surface area contributed by atoms with E-state index in [2.05, 4.69) is 26.2 Å². The van der Waals surface area contributed by atoms with Crippen molar-refractivity contribution in [3.63, 3.8) is 0 Å². The van der Waals surface area contributed by atoms with Gasteiger partial charge < -0.3 is 9.84 Å². The van der Waals surface area contributed by atoms with Gasteiger partial charge in [-0.25, -0.2) is 18.2 Å². The zero-order valence-electron chi connectivity index (χ0n) is 13.0. The largest absolute Gasteiger partial charge is 0.471 e. The van der Waals surface area contributed by atoms with Gasteiger partial charge in [-0.05, 0) is 31.2 Å². The number of amides is 1. The van der Waals surface area contributed by atoms with Crippen LogP contribution < -0.4 is 14.4 Å². The first-order valence-corrected chi connectivity index (χ1v) is 9.45. The van der Waals surface area contributed by atoms with Crippen LogP contribution in [0.5, 0.6) is 5.88 Å². The van der Waals surface area contributed by atoms with Crippen molar-refractivity contribution < 1.29 is 23.1 Å². The maximum atomic E-state index is 13.1. The second kappa shape index (κ2) is 6.52. The van der Waals surface area contributed by atoms with E-state index in [1.807, 2.05) is 0 Å². The Bertz CT molecular complexity index is 935. The van der Waals surface area contributed by atoms with E-state index in [0.29, 0.717) is 4.47 Å². The molecule has 1 atom stereocenters. The van der Waals surface area contributed by atoms with E-state index in [9.17, 15) is 13.2 Å². The molecule has 2 heterocycles. The van der Waals surface area contributed by atoms with E-state index >= 15 is 0 Å². The molecule has 1 aliphatic rings. The molecule has 0 bridgehead atoms. The normalized spacial score (nSPS) is 16.7. The molecule has 1 aromatic heterocycles. The van der Waals surface area contributed by atoms with Crippen LogP contribution in [0.25, 0.3) is 0 Å². The lowest BCUT2D eigenvalue weighted by Gasteiger charge is -2.33. The van der Waals surface area contributed by atoms with Gasteiger partial charge in [0.2, 0.25) is 5.88 Å². The van der Waals surface area contributed by atoms with Crippen molar-refractivity contribution in [2.75, 3.05) is 16.2 Å². The number of benzene rings is 1. The number of pyridine rings is 1. The van der Waals surface area contributed by atoms with E-state index < -0.39 is 22.2 Å². The van der Waals surface area contributed by atoms with Crippen molar-refractivity contribution in [3.05, 3.63) is 41.0 Å². The standard InChI is InChI=1S/C15H14BrN3O5S/c1-9-8-19(25(22,23)12-4-2-3-10(16)5-12)13-6-11(18-15(20)21)7-17-14(13)24-9/h2-7,9,18H,8H2,1H3,(H,20,21). The first-order chi connectivity index (χ1) is 11.8. The summed E-state index contributed by atoms with van der Waals surface area (Å²) in [6.07, 6.45) is -0.400. The molecule has 0 saturated carbocycles. The summed E-state index contributed by atoms with van der Waals surface area (Å²) < 4.78 is 33.5. The SMILES string of the molecule is CC1CN(S(=O)(=O)c2cccc(Br)c2)c2cc(NC(=O)O)cnc2O1. The van der Waals surface area contributed by atoms with Crippen molar-refractivity contribution >= 4 is 43.4 Å². The van der Waals surface area contributed by atoms with E-state index in [1.54, 1.807) is 19.1 Å². The van der Waals surface area contributed by atoms with E-state index in [4.69, 9.17) is 9.84 Å². The van der Waals surface area contributed by atoms with Gasteiger partial charge in [0.1, 0.15) is 11.8 Å². The third-order valence-electron chi connectivity index (χ3n) is 3.47. The Labute approximate surface area is 152 Å². The third kappa shape index (κ3) is 3.54. The van der Waals surface area contributed by atoms with Crippen molar-refractivity contribution in [1.82, 2.24) is 4.98 Å². The summed E-state index contributed by atoms with van der Waals surface area (Å²) in [5, 5.41) is 11.0. The minimum atomic E-state index is -3.87. The molecule has 10 heteroatoms. The first-order valence-electron chi connectivity index (χ1n) is 7.22. The van der Waals surface area contributed by atoms with Crippen molar-refractivity contribution in [2.24, 2.45) is 0 Å². The van der Waals surface area contributed by atoms with Crippen LogP contribution in [0.3, 0.4) is 0 Å². The average Bonchev–Trinajstić information content (AvgIpc) is 2.54. The highest BCUT2D eigenvalue weighted by molar-refractivity contribution is 9.10. The highest BCUT2D eigenvalue weighted by Gasteiger charge is 2.34. The zero-order chi connectivity index (χ0) is 18.2. The van der Waals surface area contributed by atoms with Crippen LogP contribution in [0.2, 0.25) is 0 Å². The van der Waals surface area contributed by atoms with Gasteiger partial charge in [-0.15, -0.1) is 0 Å². The fraction of sp³-hybridized carbons (Fsp3) is 0.200. The lowest BCUT2D eigenvalue weighted by molar-refractivity contribution is 0.208. The van der Waals surface area contributed by atoms with Crippen LogP contribution in [-0.4, -0.2) is 37.3 Å². The number of rotatable bonds is 3. The molecular weight excluding hydrogens is 414 g/mol. The number of fused-ring (bicyclic) bond motifs is 1. The number of carbonyl (C=O) groups is 1. The quantitative estimate of drug-likeness (QED) is 0.778. The number of nitrogens with zero attached hydrogens (tertiary/aromatic N) is 2. The summed E-state index contributed by atoms with van der Waals surface area (Å²) in [4.78, 5) is 15.0. The lowest BCUT2D eigenvalue weighted by atomic mass is 10.3. The maximum absolute atomic E-state index is 13.1. The molecule has 1 amide bonds. The number of aromatic nitrogens is 1. The van der Waals surface area contributed by atoms with Gasteiger partial charge in [-0.2, -0.15) is 0 Å². The summed E-state index contributed by atoms with van der Waals surface area (Å²) in [6, 6.07) is 7.74. The summed E-state index contributed by atoms with van der Waals surface area (Å²) in [5.41, 5.74) is 0.336. The minimum Gasteiger partial charge on any atom is -0.471 e. The molecule has 0 fully saturated rings.